The number of rotatable bonds is 6. The molecular weight excluding hydrogens is 345 g/mol. The smallest absolute Gasteiger partial charge is 0.244 e. The van der Waals surface area contributed by atoms with E-state index in [0.29, 0.717) is 25.3 Å². The number of likely N-dealkylation sites (tertiary alicyclic amines) is 1. The number of nitrogens with zero attached hydrogens (tertiary/aromatic N) is 3. The molecule has 5 nitrogen and oxygen atoms in total. The van der Waals surface area contributed by atoms with Gasteiger partial charge in [0, 0.05) is 24.8 Å². The maximum Gasteiger partial charge on any atom is 0.244 e. The molecule has 0 spiro atoms. The lowest BCUT2D eigenvalue weighted by atomic mass is 10.0. The Labute approximate surface area is 159 Å². The highest BCUT2D eigenvalue weighted by molar-refractivity contribution is 5.83. The number of hydrogen-bond donors (Lipinski definition) is 0. The molecule has 1 amide bonds. The Morgan fingerprint density at radius 1 is 1.22 bits per heavy atom. The number of piperidine rings is 1. The molecule has 144 valence electrons. The van der Waals surface area contributed by atoms with E-state index in [2.05, 4.69) is 4.98 Å². The summed E-state index contributed by atoms with van der Waals surface area (Å²) in [5.74, 6) is -0.411. The number of aromatic nitrogens is 1. The topological polar surface area (TPSA) is 45.7 Å². The summed E-state index contributed by atoms with van der Waals surface area (Å²) in [6, 6.07) is 11.6. The number of benzene rings is 1. The molecule has 6 heteroatoms. The Kier molecular flexibility index (Phi) is 6.53. The van der Waals surface area contributed by atoms with E-state index in [9.17, 15) is 9.18 Å². The standard InChI is InChI=1S/C21H26FN3O2/c1-24(2)20(18-8-3-4-9-19(18)22)21(26)25-13-10-17(11-14-25)27-15-16-7-5-6-12-23-16/h3-9,12,17,20H,10-11,13-15H2,1-2H3/t20-/m1/s1. The summed E-state index contributed by atoms with van der Waals surface area (Å²) < 4.78 is 20.2. The molecule has 0 unspecified atom stereocenters. The van der Waals surface area contributed by atoms with E-state index in [1.165, 1.54) is 6.07 Å². The lowest BCUT2D eigenvalue weighted by Crippen LogP contribution is -2.46. The molecular formula is C21H26FN3O2. The van der Waals surface area contributed by atoms with Crippen molar-refractivity contribution in [1.29, 1.82) is 0 Å². The lowest BCUT2D eigenvalue weighted by Gasteiger charge is -2.36. The van der Waals surface area contributed by atoms with Gasteiger partial charge in [-0.05, 0) is 45.1 Å². The summed E-state index contributed by atoms with van der Waals surface area (Å²) in [7, 11) is 3.61. The third-order valence-electron chi connectivity index (χ3n) is 4.90. The zero-order chi connectivity index (χ0) is 19.2. The number of carbonyl (C=O) groups excluding carboxylic acids is 1. The maximum absolute atomic E-state index is 14.2. The van der Waals surface area contributed by atoms with Gasteiger partial charge in [-0.2, -0.15) is 0 Å². The van der Waals surface area contributed by atoms with Gasteiger partial charge in [-0.15, -0.1) is 0 Å². The molecule has 0 radical (unpaired) electrons. The molecule has 1 aliphatic heterocycles. The van der Waals surface area contributed by atoms with Gasteiger partial charge in [-0.3, -0.25) is 14.7 Å². The molecule has 3 rings (SSSR count). The SMILES string of the molecule is CN(C)[C@@H](C(=O)N1CCC(OCc2ccccn2)CC1)c1ccccc1F. The molecule has 1 aliphatic rings. The van der Waals surface area contributed by atoms with E-state index in [-0.39, 0.29) is 17.8 Å². The zero-order valence-corrected chi connectivity index (χ0v) is 15.8. The van der Waals surface area contributed by atoms with Crippen LogP contribution < -0.4 is 0 Å². The van der Waals surface area contributed by atoms with Crippen molar-refractivity contribution in [3.63, 3.8) is 0 Å². The fourth-order valence-corrected chi connectivity index (χ4v) is 3.43. The second-order valence-electron chi connectivity index (χ2n) is 7.04. The molecule has 0 bridgehead atoms. The molecule has 1 aromatic carbocycles. The predicted octanol–water partition coefficient (Wildman–Crippen LogP) is 3.03. The van der Waals surface area contributed by atoms with Gasteiger partial charge in [-0.25, -0.2) is 4.39 Å². The molecule has 0 aliphatic carbocycles. The molecule has 1 saturated heterocycles. The van der Waals surface area contributed by atoms with Gasteiger partial charge < -0.3 is 9.64 Å². The lowest BCUT2D eigenvalue weighted by molar-refractivity contribution is -0.139. The van der Waals surface area contributed by atoms with Crippen LogP contribution >= 0.6 is 0 Å². The number of amides is 1. The van der Waals surface area contributed by atoms with Crippen LogP contribution in [0.15, 0.2) is 48.7 Å². The first kappa shape index (κ1) is 19.5. The van der Waals surface area contributed by atoms with Crippen molar-refractivity contribution in [2.75, 3.05) is 27.2 Å². The highest BCUT2D eigenvalue weighted by Crippen LogP contribution is 2.26. The van der Waals surface area contributed by atoms with Gasteiger partial charge in [0.15, 0.2) is 0 Å². The van der Waals surface area contributed by atoms with Crippen molar-refractivity contribution in [2.45, 2.75) is 31.6 Å². The molecule has 27 heavy (non-hydrogen) atoms. The number of hydrogen-bond acceptors (Lipinski definition) is 4. The summed E-state index contributed by atoms with van der Waals surface area (Å²) in [5, 5.41) is 0. The van der Waals surface area contributed by atoms with Crippen molar-refractivity contribution in [2.24, 2.45) is 0 Å². The largest absolute Gasteiger partial charge is 0.372 e. The van der Waals surface area contributed by atoms with Crippen molar-refractivity contribution < 1.29 is 13.9 Å². The van der Waals surface area contributed by atoms with Gasteiger partial charge >= 0.3 is 0 Å². The van der Waals surface area contributed by atoms with E-state index in [1.54, 1.807) is 43.4 Å². The number of carbonyl (C=O) groups is 1. The van der Waals surface area contributed by atoms with Crippen molar-refractivity contribution in [1.82, 2.24) is 14.8 Å². The molecule has 2 aromatic rings. The average molecular weight is 371 g/mol. The number of halogens is 1. The van der Waals surface area contributed by atoms with Gasteiger partial charge in [-0.1, -0.05) is 24.3 Å². The van der Waals surface area contributed by atoms with Crippen LogP contribution in [0.4, 0.5) is 4.39 Å². The van der Waals surface area contributed by atoms with E-state index in [4.69, 9.17) is 4.74 Å². The minimum atomic E-state index is -0.614. The van der Waals surface area contributed by atoms with Crippen LogP contribution in [0.2, 0.25) is 0 Å². The normalized spacial score (nSPS) is 16.5. The van der Waals surface area contributed by atoms with E-state index in [1.807, 2.05) is 23.1 Å². The summed E-state index contributed by atoms with van der Waals surface area (Å²) in [6.07, 6.45) is 3.41. The quantitative estimate of drug-likeness (QED) is 0.783. The van der Waals surface area contributed by atoms with Crippen molar-refractivity contribution >= 4 is 5.91 Å². The van der Waals surface area contributed by atoms with Gasteiger partial charge in [0.05, 0.1) is 18.4 Å². The Hall–Kier alpha value is -2.31. The molecule has 0 N–H and O–H groups in total. The Morgan fingerprint density at radius 2 is 1.93 bits per heavy atom. The molecule has 1 atom stereocenters. The van der Waals surface area contributed by atoms with Gasteiger partial charge in [0.2, 0.25) is 5.91 Å². The van der Waals surface area contributed by atoms with Crippen LogP contribution in [-0.4, -0.2) is 54.0 Å². The Balaban J connectivity index is 1.57. The van der Waals surface area contributed by atoms with Gasteiger partial charge in [0.1, 0.15) is 11.9 Å². The summed E-state index contributed by atoms with van der Waals surface area (Å²) in [4.78, 5) is 20.9. The third-order valence-corrected chi connectivity index (χ3v) is 4.90. The van der Waals surface area contributed by atoms with E-state index in [0.717, 1.165) is 18.5 Å². The van der Waals surface area contributed by atoms with Crippen LogP contribution in [0.5, 0.6) is 0 Å². The first-order chi connectivity index (χ1) is 13.1. The minimum absolute atomic E-state index is 0.0618. The molecule has 2 heterocycles. The number of likely N-dealkylation sites (N-methyl/N-ethyl adjacent to an activating group) is 1. The Bertz CT molecular complexity index is 746. The minimum Gasteiger partial charge on any atom is -0.372 e. The summed E-state index contributed by atoms with van der Waals surface area (Å²) in [5.41, 5.74) is 1.32. The van der Waals surface area contributed by atoms with E-state index < -0.39 is 6.04 Å². The highest BCUT2D eigenvalue weighted by atomic mass is 19.1. The molecule has 1 aromatic heterocycles. The predicted molar refractivity (Wildman–Crippen MR) is 101 cm³/mol. The van der Waals surface area contributed by atoms with Crippen LogP contribution in [0, 0.1) is 5.82 Å². The first-order valence-corrected chi connectivity index (χ1v) is 9.27. The van der Waals surface area contributed by atoms with Crippen LogP contribution in [0.3, 0.4) is 0 Å². The van der Waals surface area contributed by atoms with Crippen molar-refractivity contribution in [3.8, 4) is 0 Å². The Morgan fingerprint density at radius 3 is 2.56 bits per heavy atom. The molecule has 1 fully saturated rings. The van der Waals surface area contributed by atoms with Crippen LogP contribution in [0.25, 0.3) is 0 Å². The average Bonchev–Trinajstić information content (AvgIpc) is 2.69. The fourth-order valence-electron chi connectivity index (χ4n) is 3.43. The first-order valence-electron chi connectivity index (χ1n) is 9.27. The second kappa shape index (κ2) is 9.06. The third kappa shape index (κ3) is 4.90. The second-order valence-corrected chi connectivity index (χ2v) is 7.04. The maximum atomic E-state index is 14.2. The molecule has 0 saturated carbocycles. The van der Waals surface area contributed by atoms with E-state index >= 15 is 0 Å². The summed E-state index contributed by atoms with van der Waals surface area (Å²) in [6.45, 7) is 1.71. The van der Waals surface area contributed by atoms with Crippen LogP contribution in [-0.2, 0) is 16.1 Å². The monoisotopic (exact) mass is 371 g/mol. The summed E-state index contributed by atoms with van der Waals surface area (Å²) >= 11 is 0. The number of pyridine rings is 1. The van der Waals surface area contributed by atoms with Crippen LogP contribution in [0.1, 0.15) is 30.1 Å². The van der Waals surface area contributed by atoms with Crippen molar-refractivity contribution in [3.05, 3.63) is 65.7 Å². The zero-order valence-electron chi connectivity index (χ0n) is 15.8. The number of ether oxygens (including phenoxy) is 1. The fraction of sp³-hybridized carbons (Fsp3) is 0.429. The van der Waals surface area contributed by atoms with Gasteiger partial charge in [0.25, 0.3) is 0 Å². The highest BCUT2D eigenvalue weighted by Gasteiger charge is 2.32.